The van der Waals surface area contributed by atoms with Crippen molar-refractivity contribution in [2.24, 2.45) is 0 Å². The van der Waals surface area contributed by atoms with Gasteiger partial charge in [0, 0.05) is 22.5 Å². The van der Waals surface area contributed by atoms with Gasteiger partial charge in [-0.05, 0) is 12.8 Å². The third kappa shape index (κ3) is 1.78. The predicted molar refractivity (Wildman–Crippen MR) is 62.7 cm³/mol. The van der Waals surface area contributed by atoms with Gasteiger partial charge in [0.2, 0.25) is 0 Å². The molecule has 1 atom stereocenters. The fraction of sp³-hybridized carbons (Fsp3) is 0.455. The summed E-state index contributed by atoms with van der Waals surface area (Å²) in [4.78, 5) is 0.219. The Morgan fingerprint density at radius 1 is 1.27 bits per heavy atom. The fourth-order valence-electron chi connectivity index (χ4n) is 1.95. The van der Waals surface area contributed by atoms with E-state index in [4.69, 9.17) is 0 Å². The fourth-order valence-corrected chi connectivity index (χ4v) is 2.24. The highest BCUT2D eigenvalue weighted by Gasteiger charge is 2.22. The minimum Gasteiger partial charge on any atom is -0.494 e. The van der Waals surface area contributed by atoms with Gasteiger partial charge in [-0.25, -0.2) is 0 Å². The third-order valence-corrected chi connectivity index (χ3v) is 2.95. The van der Waals surface area contributed by atoms with Crippen LogP contribution in [0.15, 0.2) is 12.2 Å². The lowest BCUT2D eigenvalue weighted by atomic mass is 10.0. The molecule has 0 bridgehead atoms. The minimum absolute atomic E-state index is 0.207. The molecule has 1 aromatic heterocycles. The maximum absolute atomic E-state index is 9.95. The molecule has 0 aliphatic heterocycles. The number of allylic oxidation sites excluding steroid dienone is 2. The lowest BCUT2D eigenvalue weighted by molar-refractivity contribution is 0.366. The van der Waals surface area contributed by atoms with Gasteiger partial charge in [0.05, 0.1) is 0 Å². The number of hydrogen-bond donors (Lipinski definition) is 2. The summed E-state index contributed by atoms with van der Waals surface area (Å²) >= 11 is 3.41. The molecule has 2 N–H and O–H groups in total. The number of hydrogen-bond acceptors (Lipinski definition) is 2. The quantitative estimate of drug-likeness (QED) is 0.641. The highest BCUT2D eigenvalue weighted by molar-refractivity contribution is 9.09. The van der Waals surface area contributed by atoms with Crippen LogP contribution in [0.3, 0.4) is 0 Å². The maximum atomic E-state index is 9.95. The molecule has 1 aliphatic rings. The number of fused-ring (bicyclic) bond motifs is 1. The van der Waals surface area contributed by atoms with Crippen LogP contribution in [0.1, 0.15) is 18.1 Å². The smallest absolute Gasteiger partial charge is 0.197 e. The van der Waals surface area contributed by atoms with Gasteiger partial charge in [-0.2, -0.15) is 0 Å². The molecule has 0 spiro atoms. The Bertz CT molecular complexity index is 376. The average Bonchev–Trinajstić information content (AvgIpc) is 2.44. The summed E-state index contributed by atoms with van der Waals surface area (Å²) in [5.74, 6) is 0.413. The molecule has 1 aromatic rings. The molecule has 0 amide bonds. The standard InChI is InChI=1S/C11H14BrNO2/c1-7(12)6-13-10(14)8-4-2-3-5-9(8)11(13)15/h2-3,7,14-15H,4-6H2,1H3. The van der Waals surface area contributed by atoms with Crippen molar-refractivity contribution < 1.29 is 10.2 Å². The number of rotatable bonds is 2. The number of alkyl halides is 1. The summed E-state index contributed by atoms with van der Waals surface area (Å²) in [6.07, 6.45) is 5.45. The van der Waals surface area contributed by atoms with Gasteiger partial charge in [0.1, 0.15) is 0 Å². The highest BCUT2D eigenvalue weighted by atomic mass is 79.9. The van der Waals surface area contributed by atoms with E-state index in [2.05, 4.69) is 15.9 Å². The summed E-state index contributed by atoms with van der Waals surface area (Å²) in [7, 11) is 0. The Labute approximate surface area is 97.2 Å². The van der Waals surface area contributed by atoms with E-state index in [0.29, 0.717) is 19.4 Å². The molecular weight excluding hydrogens is 258 g/mol. The predicted octanol–water partition coefficient (Wildman–Crippen LogP) is 2.34. The van der Waals surface area contributed by atoms with Crippen molar-refractivity contribution >= 4 is 15.9 Å². The first-order chi connectivity index (χ1) is 7.11. The lowest BCUT2D eigenvalue weighted by Crippen LogP contribution is -2.05. The van der Waals surface area contributed by atoms with E-state index in [9.17, 15) is 10.2 Å². The molecule has 1 unspecified atom stereocenters. The molecule has 0 saturated heterocycles. The van der Waals surface area contributed by atoms with Crippen molar-refractivity contribution in [3.63, 3.8) is 0 Å². The summed E-state index contributed by atoms with van der Waals surface area (Å²) in [6, 6.07) is 0. The van der Waals surface area contributed by atoms with Crippen LogP contribution >= 0.6 is 15.9 Å². The van der Waals surface area contributed by atoms with E-state index >= 15 is 0 Å². The zero-order valence-corrected chi connectivity index (χ0v) is 10.2. The van der Waals surface area contributed by atoms with Crippen molar-refractivity contribution in [3.8, 4) is 11.8 Å². The van der Waals surface area contributed by atoms with Crippen LogP contribution in [0, 0.1) is 0 Å². The Hall–Kier alpha value is -0.900. The largest absolute Gasteiger partial charge is 0.494 e. The molecule has 0 radical (unpaired) electrons. The van der Waals surface area contributed by atoms with Crippen molar-refractivity contribution in [2.45, 2.75) is 31.1 Å². The highest BCUT2D eigenvalue weighted by Crippen LogP contribution is 2.37. The molecule has 2 rings (SSSR count). The molecule has 1 aliphatic carbocycles. The van der Waals surface area contributed by atoms with Crippen LogP contribution in [-0.2, 0) is 19.4 Å². The molecule has 0 aromatic carbocycles. The zero-order valence-electron chi connectivity index (χ0n) is 8.57. The van der Waals surface area contributed by atoms with Gasteiger partial charge in [-0.3, -0.25) is 4.57 Å². The van der Waals surface area contributed by atoms with E-state index in [1.54, 1.807) is 4.57 Å². The van der Waals surface area contributed by atoms with Crippen LogP contribution in [0.5, 0.6) is 11.8 Å². The van der Waals surface area contributed by atoms with Crippen LogP contribution in [0.2, 0.25) is 0 Å². The first kappa shape index (κ1) is 10.6. The third-order valence-electron chi connectivity index (χ3n) is 2.66. The van der Waals surface area contributed by atoms with E-state index in [1.807, 2.05) is 19.1 Å². The first-order valence-corrected chi connectivity index (χ1v) is 5.94. The molecule has 1 heterocycles. The normalized spacial score (nSPS) is 16.4. The van der Waals surface area contributed by atoms with Gasteiger partial charge < -0.3 is 10.2 Å². The summed E-state index contributed by atoms with van der Waals surface area (Å²) in [5.41, 5.74) is 1.73. The Morgan fingerprint density at radius 3 is 2.13 bits per heavy atom. The molecule has 82 valence electrons. The summed E-state index contributed by atoms with van der Waals surface area (Å²) in [6.45, 7) is 2.56. The molecular formula is C11H14BrNO2. The molecule has 0 fully saturated rings. The summed E-state index contributed by atoms with van der Waals surface area (Å²) < 4.78 is 1.57. The maximum Gasteiger partial charge on any atom is 0.197 e. The van der Waals surface area contributed by atoms with E-state index < -0.39 is 0 Å². The van der Waals surface area contributed by atoms with Gasteiger partial charge in [0.25, 0.3) is 0 Å². The van der Waals surface area contributed by atoms with Gasteiger partial charge in [-0.15, -0.1) is 0 Å². The van der Waals surface area contributed by atoms with Crippen LogP contribution < -0.4 is 0 Å². The molecule has 4 heteroatoms. The molecule has 0 saturated carbocycles. The summed E-state index contributed by atoms with van der Waals surface area (Å²) in [5, 5.41) is 19.9. The second kappa shape index (κ2) is 3.93. The SMILES string of the molecule is CC(Br)Cn1c(O)c2c(c1O)CC=CC2. The number of aromatic nitrogens is 1. The van der Waals surface area contributed by atoms with Gasteiger partial charge in [0.15, 0.2) is 11.8 Å². The van der Waals surface area contributed by atoms with Crippen molar-refractivity contribution in [1.82, 2.24) is 4.57 Å². The van der Waals surface area contributed by atoms with Crippen molar-refractivity contribution in [3.05, 3.63) is 23.3 Å². The van der Waals surface area contributed by atoms with Gasteiger partial charge in [-0.1, -0.05) is 35.0 Å². The second-order valence-electron chi connectivity index (χ2n) is 3.88. The van der Waals surface area contributed by atoms with E-state index in [1.165, 1.54) is 0 Å². The van der Waals surface area contributed by atoms with Crippen LogP contribution in [0.25, 0.3) is 0 Å². The van der Waals surface area contributed by atoms with Crippen molar-refractivity contribution in [1.29, 1.82) is 0 Å². The lowest BCUT2D eigenvalue weighted by Gasteiger charge is -2.08. The zero-order chi connectivity index (χ0) is 11.0. The number of halogens is 1. The van der Waals surface area contributed by atoms with E-state index in [0.717, 1.165) is 11.1 Å². The Kier molecular flexibility index (Phi) is 2.78. The van der Waals surface area contributed by atoms with Crippen LogP contribution in [0.4, 0.5) is 0 Å². The number of nitrogens with zero attached hydrogens (tertiary/aromatic N) is 1. The Morgan fingerprint density at radius 2 is 1.73 bits per heavy atom. The monoisotopic (exact) mass is 271 g/mol. The second-order valence-corrected chi connectivity index (χ2v) is 5.44. The van der Waals surface area contributed by atoms with Gasteiger partial charge >= 0.3 is 0 Å². The first-order valence-electron chi connectivity index (χ1n) is 5.02. The van der Waals surface area contributed by atoms with Crippen LogP contribution in [-0.4, -0.2) is 19.6 Å². The van der Waals surface area contributed by atoms with E-state index in [-0.39, 0.29) is 16.6 Å². The molecule has 15 heavy (non-hydrogen) atoms. The topological polar surface area (TPSA) is 45.4 Å². The number of aromatic hydroxyl groups is 2. The Balaban J connectivity index is 2.44. The minimum atomic E-state index is 0.207. The molecule has 3 nitrogen and oxygen atoms in total. The average molecular weight is 272 g/mol. The van der Waals surface area contributed by atoms with Crippen molar-refractivity contribution in [2.75, 3.05) is 0 Å².